The van der Waals surface area contributed by atoms with Gasteiger partial charge in [0.15, 0.2) is 0 Å². The van der Waals surface area contributed by atoms with Crippen LogP contribution in [0, 0.1) is 0 Å². The number of rotatable bonds is 3. The number of amides is 1. The van der Waals surface area contributed by atoms with Crippen molar-refractivity contribution in [1.29, 1.82) is 0 Å². The van der Waals surface area contributed by atoms with E-state index in [2.05, 4.69) is 0 Å². The van der Waals surface area contributed by atoms with Crippen molar-refractivity contribution in [3.63, 3.8) is 0 Å². The SMILES string of the molecule is CC(CN)N1C(=O)C(c2ccccc2)Oc2ccc(Cl)cc21. The third-order valence-corrected chi connectivity index (χ3v) is 4.01. The second-order valence-corrected chi connectivity index (χ2v) is 5.75. The molecule has 2 aromatic rings. The first kappa shape index (κ1) is 14.9. The van der Waals surface area contributed by atoms with Crippen LogP contribution in [0.3, 0.4) is 0 Å². The molecule has 2 aromatic carbocycles. The summed E-state index contributed by atoms with van der Waals surface area (Å²) in [5, 5.41) is 0.558. The van der Waals surface area contributed by atoms with Gasteiger partial charge in [-0.1, -0.05) is 41.9 Å². The molecule has 0 saturated heterocycles. The van der Waals surface area contributed by atoms with Crippen LogP contribution in [0.4, 0.5) is 5.69 Å². The standard InChI is InChI=1S/C17H17ClN2O2/c1-11(10-19)20-14-9-13(18)7-8-15(14)22-16(17(20)21)12-5-3-2-4-6-12/h2-9,11,16H,10,19H2,1H3. The van der Waals surface area contributed by atoms with Crippen LogP contribution in [0.25, 0.3) is 0 Å². The number of benzene rings is 2. The van der Waals surface area contributed by atoms with Gasteiger partial charge in [0.25, 0.3) is 5.91 Å². The number of carbonyl (C=O) groups excluding carboxylic acids is 1. The number of hydrogen-bond acceptors (Lipinski definition) is 3. The Balaban J connectivity index is 2.09. The van der Waals surface area contributed by atoms with Crippen LogP contribution in [0.5, 0.6) is 5.75 Å². The predicted octanol–water partition coefficient (Wildman–Crippen LogP) is 3.15. The summed E-state index contributed by atoms with van der Waals surface area (Å²) in [7, 11) is 0. The monoisotopic (exact) mass is 316 g/mol. The molecule has 22 heavy (non-hydrogen) atoms. The Morgan fingerprint density at radius 1 is 1.27 bits per heavy atom. The summed E-state index contributed by atoms with van der Waals surface area (Å²) in [5.41, 5.74) is 7.27. The molecular formula is C17H17ClN2O2. The third-order valence-electron chi connectivity index (χ3n) is 3.77. The Bertz CT molecular complexity index is 690. The Kier molecular flexibility index (Phi) is 4.05. The summed E-state index contributed by atoms with van der Waals surface area (Å²) in [6, 6.07) is 14.6. The van der Waals surface area contributed by atoms with Gasteiger partial charge in [-0.25, -0.2) is 0 Å². The van der Waals surface area contributed by atoms with Gasteiger partial charge in [0.05, 0.1) is 5.69 Å². The van der Waals surface area contributed by atoms with E-state index >= 15 is 0 Å². The number of nitrogens with two attached hydrogens (primary N) is 1. The Hall–Kier alpha value is -2.04. The van der Waals surface area contributed by atoms with Crippen molar-refractivity contribution >= 4 is 23.2 Å². The first-order chi connectivity index (χ1) is 10.6. The Labute approximate surface area is 134 Å². The summed E-state index contributed by atoms with van der Waals surface area (Å²) >= 11 is 6.07. The van der Waals surface area contributed by atoms with Crippen molar-refractivity contribution in [2.75, 3.05) is 11.4 Å². The molecule has 4 nitrogen and oxygen atoms in total. The molecule has 1 heterocycles. The Morgan fingerprint density at radius 2 is 2.00 bits per heavy atom. The summed E-state index contributed by atoms with van der Waals surface area (Å²) < 4.78 is 5.92. The fraction of sp³-hybridized carbons (Fsp3) is 0.235. The summed E-state index contributed by atoms with van der Waals surface area (Å²) in [6.07, 6.45) is -0.663. The lowest BCUT2D eigenvalue weighted by Gasteiger charge is -2.37. The number of halogens is 1. The van der Waals surface area contributed by atoms with Crippen molar-refractivity contribution in [3.8, 4) is 5.75 Å². The maximum Gasteiger partial charge on any atom is 0.273 e. The van der Waals surface area contributed by atoms with E-state index in [1.165, 1.54) is 0 Å². The van der Waals surface area contributed by atoms with Crippen LogP contribution in [0.1, 0.15) is 18.6 Å². The quantitative estimate of drug-likeness (QED) is 0.946. The van der Waals surface area contributed by atoms with Crippen LogP contribution < -0.4 is 15.4 Å². The van der Waals surface area contributed by atoms with Crippen LogP contribution >= 0.6 is 11.6 Å². The highest BCUT2D eigenvalue weighted by Gasteiger charge is 2.37. The van der Waals surface area contributed by atoms with Gasteiger partial charge in [-0.15, -0.1) is 0 Å². The summed E-state index contributed by atoms with van der Waals surface area (Å²) in [5.74, 6) is 0.511. The lowest BCUT2D eigenvalue weighted by atomic mass is 10.0. The molecule has 5 heteroatoms. The first-order valence-electron chi connectivity index (χ1n) is 7.16. The molecule has 0 bridgehead atoms. The lowest BCUT2D eigenvalue weighted by molar-refractivity contribution is -0.127. The molecule has 2 unspecified atom stereocenters. The molecule has 0 saturated carbocycles. The highest BCUT2D eigenvalue weighted by molar-refractivity contribution is 6.31. The zero-order chi connectivity index (χ0) is 15.7. The number of carbonyl (C=O) groups is 1. The maximum absolute atomic E-state index is 12.9. The molecule has 0 aliphatic carbocycles. The molecule has 0 aromatic heterocycles. The van der Waals surface area contributed by atoms with Gasteiger partial charge in [-0.2, -0.15) is 0 Å². The molecule has 0 radical (unpaired) electrons. The fourth-order valence-corrected chi connectivity index (χ4v) is 2.77. The average Bonchev–Trinajstić information content (AvgIpc) is 2.54. The second-order valence-electron chi connectivity index (χ2n) is 5.31. The minimum Gasteiger partial charge on any atom is -0.474 e. The van der Waals surface area contributed by atoms with Crippen molar-refractivity contribution in [2.24, 2.45) is 5.73 Å². The van der Waals surface area contributed by atoms with Crippen molar-refractivity contribution in [1.82, 2.24) is 0 Å². The number of ether oxygens (including phenoxy) is 1. The first-order valence-corrected chi connectivity index (χ1v) is 7.54. The van der Waals surface area contributed by atoms with Crippen molar-refractivity contribution < 1.29 is 9.53 Å². The molecule has 114 valence electrons. The smallest absolute Gasteiger partial charge is 0.273 e. The molecule has 1 aliphatic heterocycles. The normalized spacial score (nSPS) is 18.6. The van der Waals surface area contributed by atoms with E-state index in [-0.39, 0.29) is 11.9 Å². The third kappa shape index (κ3) is 2.56. The summed E-state index contributed by atoms with van der Waals surface area (Å²) in [4.78, 5) is 14.6. The molecule has 0 spiro atoms. The largest absolute Gasteiger partial charge is 0.474 e. The molecule has 0 fully saturated rings. The Morgan fingerprint density at radius 3 is 2.68 bits per heavy atom. The maximum atomic E-state index is 12.9. The van der Waals surface area contributed by atoms with Gasteiger partial charge in [-0.05, 0) is 25.1 Å². The minimum absolute atomic E-state index is 0.126. The van der Waals surface area contributed by atoms with Gasteiger partial charge in [0.2, 0.25) is 6.10 Å². The lowest BCUT2D eigenvalue weighted by Crippen LogP contribution is -2.48. The van der Waals surface area contributed by atoms with E-state index in [1.807, 2.05) is 37.3 Å². The fourth-order valence-electron chi connectivity index (χ4n) is 2.60. The predicted molar refractivity (Wildman–Crippen MR) is 87.3 cm³/mol. The van der Waals surface area contributed by atoms with E-state index in [0.29, 0.717) is 23.0 Å². The molecule has 3 rings (SSSR count). The van der Waals surface area contributed by atoms with Gasteiger partial charge in [-0.3, -0.25) is 4.79 Å². The number of anilines is 1. The van der Waals surface area contributed by atoms with E-state index in [0.717, 1.165) is 5.56 Å². The van der Waals surface area contributed by atoms with E-state index in [4.69, 9.17) is 22.1 Å². The van der Waals surface area contributed by atoms with E-state index in [9.17, 15) is 4.79 Å². The van der Waals surface area contributed by atoms with Crippen LogP contribution in [-0.2, 0) is 4.79 Å². The topological polar surface area (TPSA) is 55.6 Å². The van der Waals surface area contributed by atoms with Crippen LogP contribution in [0.2, 0.25) is 5.02 Å². The van der Waals surface area contributed by atoms with Gasteiger partial charge >= 0.3 is 0 Å². The van der Waals surface area contributed by atoms with E-state index in [1.54, 1.807) is 23.1 Å². The number of nitrogens with zero attached hydrogens (tertiary/aromatic N) is 1. The van der Waals surface area contributed by atoms with Gasteiger partial charge in [0, 0.05) is 23.2 Å². The average molecular weight is 317 g/mol. The molecule has 1 aliphatic rings. The second kappa shape index (κ2) is 5.99. The van der Waals surface area contributed by atoms with E-state index < -0.39 is 6.10 Å². The minimum atomic E-state index is -0.663. The van der Waals surface area contributed by atoms with Gasteiger partial charge < -0.3 is 15.4 Å². The van der Waals surface area contributed by atoms with Gasteiger partial charge in [0.1, 0.15) is 5.75 Å². The highest BCUT2D eigenvalue weighted by atomic mass is 35.5. The zero-order valence-electron chi connectivity index (χ0n) is 12.2. The van der Waals surface area contributed by atoms with Crippen LogP contribution in [0.15, 0.2) is 48.5 Å². The molecule has 2 N–H and O–H groups in total. The molecular weight excluding hydrogens is 300 g/mol. The molecule has 1 amide bonds. The zero-order valence-corrected chi connectivity index (χ0v) is 13.0. The highest BCUT2D eigenvalue weighted by Crippen LogP contribution is 2.41. The van der Waals surface area contributed by atoms with Crippen molar-refractivity contribution in [2.45, 2.75) is 19.1 Å². The number of hydrogen-bond donors (Lipinski definition) is 1. The van der Waals surface area contributed by atoms with Crippen molar-refractivity contribution in [3.05, 3.63) is 59.1 Å². The number of fused-ring (bicyclic) bond motifs is 1. The summed E-state index contributed by atoms with van der Waals surface area (Å²) in [6.45, 7) is 2.27. The molecule has 2 atom stereocenters. The van der Waals surface area contributed by atoms with Crippen LogP contribution in [-0.4, -0.2) is 18.5 Å².